The zero-order valence-corrected chi connectivity index (χ0v) is 11.3. The molecule has 0 saturated heterocycles. The number of nitrogens with one attached hydrogen (secondary N) is 1. The van der Waals surface area contributed by atoms with Crippen LogP contribution in [0.1, 0.15) is 56.6 Å². The van der Waals surface area contributed by atoms with Crippen LogP contribution >= 0.6 is 0 Å². The van der Waals surface area contributed by atoms with Gasteiger partial charge in [0.15, 0.2) is 0 Å². The molecule has 0 heterocycles. The molecule has 1 aromatic rings. The lowest BCUT2D eigenvalue weighted by Crippen LogP contribution is -2.34. The second-order valence-electron chi connectivity index (χ2n) is 5.40. The van der Waals surface area contributed by atoms with Crippen LogP contribution in [0, 0.1) is 0 Å². The first kappa shape index (κ1) is 14.1. The van der Waals surface area contributed by atoms with Crippen molar-refractivity contribution in [2.24, 2.45) is 0 Å². The molecule has 1 unspecified atom stereocenters. The van der Waals surface area contributed by atoms with Crippen LogP contribution in [0.4, 0.5) is 0 Å². The molecule has 1 aliphatic carbocycles. The second-order valence-corrected chi connectivity index (χ2v) is 5.40. The van der Waals surface area contributed by atoms with Crippen LogP contribution in [-0.2, 0) is 4.79 Å². The Morgan fingerprint density at radius 2 is 1.89 bits per heavy atom. The molecule has 0 aromatic heterocycles. The molecular weight excluding hydrogens is 238 g/mol. The van der Waals surface area contributed by atoms with Gasteiger partial charge in [-0.25, -0.2) is 0 Å². The first-order chi connectivity index (χ1) is 9.25. The number of benzene rings is 1. The third kappa shape index (κ3) is 4.67. The highest BCUT2D eigenvalue weighted by Gasteiger charge is 2.19. The van der Waals surface area contributed by atoms with Gasteiger partial charge in [-0.3, -0.25) is 4.79 Å². The fourth-order valence-corrected chi connectivity index (χ4v) is 2.85. The first-order valence-corrected chi connectivity index (χ1v) is 7.28. The monoisotopic (exact) mass is 261 g/mol. The minimum atomic E-state index is -0.716. The largest absolute Gasteiger partial charge is 0.481 e. The van der Waals surface area contributed by atoms with E-state index in [0.717, 1.165) is 0 Å². The van der Waals surface area contributed by atoms with Crippen molar-refractivity contribution in [3.05, 3.63) is 35.9 Å². The molecule has 104 valence electrons. The molecule has 1 aromatic carbocycles. The zero-order valence-electron chi connectivity index (χ0n) is 11.3. The minimum absolute atomic E-state index is 0.167. The van der Waals surface area contributed by atoms with Gasteiger partial charge in [0.1, 0.15) is 0 Å². The summed E-state index contributed by atoms with van der Waals surface area (Å²) in [6.07, 6.45) is 7.24. The maximum Gasteiger partial charge on any atom is 0.303 e. The Kier molecular flexibility index (Phi) is 5.40. The van der Waals surface area contributed by atoms with Gasteiger partial charge in [0.05, 0.1) is 0 Å². The van der Waals surface area contributed by atoms with Gasteiger partial charge in [-0.15, -0.1) is 0 Å². The van der Waals surface area contributed by atoms with Crippen LogP contribution in [-0.4, -0.2) is 17.1 Å². The summed E-state index contributed by atoms with van der Waals surface area (Å²) >= 11 is 0. The van der Waals surface area contributed by atoms with E-state index in [0.29, 0.717) is 12.5 Å². The normalized spacial score (nSPS) is 18.1. The number of aliphatic carboxylic acids is 1. The van der Waals surface area contributed by atoms with Crippen molar-refractivity contribution in [3.63, 3.8) is 0 Å². The van der Waals surface area contributed by atoms with E-state index in [-0.39, 0.29) is 12.5 Å². The summed E-state index contributed by atoms with van der Waals surface area (Å²) in [5, 5.41) is 12.6. The summed E-state index contributed by atoms with van der Waals surface area (Å²) in [5.41, 5.74) is 1.20. The highest BCUT2D eigenvalue weighted by Crippen LogP contribution is 2.24. The zero-order chi connectivity index (χ0) is 13.5. The van der Waals surface area contributed by atoms with Crippen molar-refractivity contribution in [2.75, 3.05) is 0 Å². The number of carbonyl (C=O) groups is 1. The summed E-state index contributed by atoms with van der Waals surface area (Å²) in [6, 6.07) is 10.9. The molecule has 1 aliphatic rings. The molecule has 0 spiro atoms. The van der Waals surface area contributed by atoms with Crippen LogP contribution < -0.4 is 5.32 Å². The van der Waals surface area contributed by atoms with Gasteiger partial charge in [0.25, 0.3) is 0 Å². The maximum atomic E-state index is 10.8. The first-order valence-electron chi connectivity index (χ1n) is 7.28. The summed E-state index contributed by atoms with van der Waals surface area (Å²) < 4.78 is 0. The van der Waals surface area contributed by atoms with E-state index in [1.807, 2.05) is 18.2 Å². The van der Waals surface area contributed by atoms with Crippen molar-refractivity contribution in [1.82, 2.24) is 5.32 Å². The molecule has 0 radical (unpaired) electrons. The molecule has 2 rings (SSSR count). The average Bonchev–Trinajstić information content (AvgIpc) is 2.45. The van der Waals surface area contributed by atoms with Crippen LogP contribution in [0.5, 0.6) is 0 Å². The maximum absolute atomic E-state index is 10.8. The second kappa shape index (κ2) is 7.29. The molecule has 2 N–H and O–H groups in total. The quantitative estimate of drug-likeness (QED) is 0.823. The Hall–Kier alpha value is -1.35. The molecular formula is C16H23NO2. The van der Waals surface area contributed by atoms with E-state index >= 15 is 0 Å². The lowest BCUT2D eigenvalue weighted by molar-refractivity contribution is -0.137. The molecule has 3 heteroatoms. The minimum Gasteiger partial charge on any atom is -0.481 e. The van der Waals surface area contributed by atoms with Gasteiger partial charge >= 0.3 is 5.97 Å². The molecule has 0 aliphatic heterocycles. The molecule has 1 saturated carbocycles. The predicted octanol–water partition coefficient (Wildman–Crippen LogP) is 3.51. The molecule has 0 bridgehead atoms. The van der Waals surface area contributed by atoms with Crippen molar-refractivity contribution >= 4 is 5.97 Å². The summed E-state index contributed by atoms with van der Waals surface area (Å²) in [7, 11) is 0. The molecule has 1 fully saturated rings. The fourth-order valence-electron chi connectivity index (χ4n) is 2.85. The topological polar surface area (TPSA) is 49.3 Å². The van der Waals surface area contributed by atoms with E-state index < -0.39 is 5.97 Å². The highest BCUT2D eigenvalue weighted by molar-refractivity contribution is 5.66. The lowest BCUT2D eigenvalue weighted by Gasteiger charge is -2.28. The number of carboxylic acid groups (broad SMARTS) is 1. The van der Waals surface area contributed by atoms with Crippen molar-refractivity contribution in [1.29, 1.82) is 0 Å². The molecule has 19 heavy (non-hydrogen) atoms. The van der Waals surface area contributed by atoms with E-state index in [1.165, 1.54) is 37.7 Å². The van der Waals surface area contributed by atoms with Crippen molar-refractivity contribution in [2.45, 2.75) is 57.0 Å². The van der Waals surface area contributed by atoms with Gasteiger partial charge in [-0.05, 0) is 24.8 Å². The van der Waals surface area contributed by atoms with Crippen molar-refractivity contribution < 1.29 is 9.90 Å². The third-order valence-electron chi connectivity index (χ3n) is 3.89. The van der Waals surface area contributed by atoms with Crippen LogP contribution in [0.25, 0.3) is 0 Å². The molecule has 0 amide bonds. The highest BCUT2D eigenvalue weighted by atomic mass is 16.4. The Labute approximate surface area is 115 Å². The van der Waals surface area contributed by atoms with Gasteiger partial charge in [0.2, 0.25) is 0 Å². The summed E-state index contributed by atoms with van der Waals surface area (Å²) in [6.45, 7) is 0. The van der Waals surface area contributed by atoms with Crippen LogP contribution in [0.2, 0.25) is 0 Å². The smallest absolute Gasteiger partial charge is 0.303 e. The Bertz CT molecular complexity index is 385. The predicted molar refractivity (Wildman–Crippen MR) is 76.1 cm³/mol. The average molecular weight is 261 g/mol. The Morgan fingerprint density at radius 3 is 2.53 bits per heavy atom. The van der Waals surface area contributed by atoms with Crippen molar-refractivity contribution in [3.8, 4) is 0 Å². The number of carboxylic acids is 1. The van der Waals surface area contributed by atoms with E-state index in [4.69, 9.17) is 5.11 Å². The summed E-state index contributed by atoms with van der Waals surface area (Å²) in [5.74, 6) is -0.716. The van der Waals surface area contributed by atoms with Crippen LogP contribution in [0.3, 0.4) is 0 Å². The molecule has 3 nitrogen and oxygen atoms in total. The number of hydrogen-bond donors (Lipinski definition) is 2. The van der Waals surface area contributed by atoms with Gasteiger partial charge in [-0.1, -0.05) is 49.6 Å². The standard InChI is InChI=1S/C16H23NO2/c18-16(19)12-11-15(13-7-3-1-4-8-13)17-14-9-5-2-6-10-14/h1,3-4,7-8,14-15,17H,2,5-6,9-12H2,(H,18,19). The van der Waals surface area contributed by atoms with E-state index in [1.54, 1.807) is 0 Å². The fraction of sp³-hybridized carbons (Fsp3) is 0.562. The van der Waals surface area contributed by atoms with E-state index in [2.05, 4.69) is 17.4 Å². The van der Waals surface area contributed by atoms with Gasteiger partial charge in [0, 0.05) is 18.5 Å². The summed E-state index contributed by atoms with van der Waals surface area (Å²) in [4.78, 5) is 10.8. The lowest BCUT2D eigenvalue weighted by atomic mass is 9.93. The van der Waals surface area contributed by atoms with Gasteiger partial charge in [-0.2, -0.15) is 0 Å². The number of rotatable bonds is 6. The van der Waals surface area contributed by atoms with E-state index in [9.17, 15) is 4.79 Å². The number of hydrogen-bond acceptors (Lipinski definition) is 2. The molecule has 1 atom stereocenters. The van der Waals surface area contributed by atoms with Crippen LogP contribution in [0.15, 0.2) is 30.3 Å². The third-order valence-corrected chi connectivity index (χ3v) is 3.89. The van der Waals surface area contributed by atoms with Gasteiger partial charge < -0.3 is 10.4 Å². The SMILES string of the molecule is O=C(O)CCC(NC1CCCCC1)c1ccccc1. The Morgan fingerprint density at radius 1 is 1.21 bits per heavy atom. The Balaban J connectivity index is 1.98.